The van der Waals surface area contributed by atoms with Gasteiger partial charge in [0.1, 0.15) is 0 Å². The Bertz CT molecular complexity index is 451. The number of hydrogen-bond acceptors (Lipinski definition) is 2. The van der Waals surface area contributed by atoms with Crippen LogP contribution in [-0.2, 0) is 0 Å². The zero-order valence-electron chi connectivity index (χ0n) is 7.47. The van der Waals surface area contributed by atoms with Gasteiger partial charge in [-0.3, -0.25) is 0 Å². The van der Waals surface area contributed by atoms with Gasteiger partial charge < -0.3 is 10.0 Å². The van der Waals surface area contributed by atoms with Crippen LogP contribution in [0.5, 0.6) is 0 Å². The Morgan fingerprint density at radius 2 is 2.36 bits per heavy atom. The molecule has 3 rings (SSSR count). The quantitative estimate of drug-likeness (QED) is 0.729. The van der Waals surface area contributed by atoms with Crippen molar-refractivity contribution < 1.29 is 9.90 Å². The molecule has 0 spiro atoms. The second-order valence-corrected chi connectivity index (χ2v) is 3.68. The van der Waals surface area contributed by atoms with Crippen molar-refractivity contribution in [2.45, 2.75) is 5.92 Å². The summed E-state index contributed by atoms with van der Waals surface area (Å²) in [5.74, 6) is -0.395. The number of benzene rings is 1. The fourth-order valence-corrected chi connectivity index (χ4v) is 2.16. The summed E-state index contributed by atoms with van der Waals surface area (Å²) in [5, 5.41) is 8.85. The van der Waals surface area contributed by atoms with E-state index in [4.69, 9.17) is 5.11 Å². The van der Waals surface area contributed by atoms with Crippen molar-refractivity contribution >= 4 is 11.7 Å². The molecule has 0 saturated heterocycles. The Morgan fingerprint density at radius 3 is 3.14 bits per heavy atom. The van der Waals surface area contributed by atoms with Gasteiger partial charge in [-0.05, 0) is 17.7 Å². The van der Waals surface area contributed by atoms with Crippen molar-refractivity contribution in [3.05, 3.63) is 41.6 Å². The van der Waals surface area contributed by atoms with Gasteiger partial charge in [0.25, 0.3) is 0 Å². The van der Waals surface area contributed by atoms with Crippen LogP contribution in [0.15, 0.2) is 30.5 Å². The van der Waals surface area contributed by atoms with E-state index in [9.17, 15) is 4.79 Å². The molecule has 14 heavy (non-hydrogen) atoms. The maximum atomic E-state index is 10.8. The number of hydrogen-bond donors (Lipinski definition) is 1. The fraction of sp³-hybridized carbons (Fsp3) is 0.182. The first-order valence-corrected chi connectivity index (χ1v) is 4.58. The minimum atomic E-state index is -0.860. The summed E-state index contributed by atoms with van der Waals surface area (Å²) in [5.41, 5.74) is 2.67. The highest BCUT2D eigenvalue weighted by atomic mass is 16.4. The third-order valence-electron chi connectivity index (χ3n) is 2.88. The number of rotatable bonds is 1. The van der Waals surface area contributed by atoms with Gasteiger partial charge in [0, 0.05) is 24.4 Å². The molecular weight excluding hydrogens is 178 g/mol. The van der Waals surface area contributed by atoms with Gasteiger partial charge >= 0.3 is 5.97 Å². The molecule has 3 heteroatoms. The van der Waals surface area contributed by atoms with Gasteiger partial charge in [0.15, 0.2) is 0 Å². The van der Waals surface area contributed by atoms with Gasteiger partial charge in [0.2, 0.25) is 0 Å². The second kappa shape index (κ2) is 2.38. The predicted molar refractivity (Wildman–Crippen MR) is 52.6 cm³/mol. The van der Waals surface area contributed by atoms with Crippen LogP contribution in [0, 0.1) is 0 Å². The molecule has 3 nitrogen and oxygen atoms in total. The SMILES string of the molecule is O=C(O)c1ccc2c(c1)N1C=CC2C1. The van der Waals surface area contributed by atoms with Gasteiger partial charge in [-0.2, -0.15) is 0 Å². The van der Waals surface area contributed by atoms with Gasteiger partial charge in [-0.15, -0.1) is 0 Å². The largest absolute Gasteiger partial charge is 0.478 e. The van der Waals surface area contributed by atoms with Crippen LogP contribution in [0.2, 0.25) is 0 Å². The molecule has 0 aliphatic carbocycles. The minimum Gasteiger partial charge on any atom is -0.478 e. The van der Waals surface area contributed by atoms with E-state index in [1.807, 2.05) is 12.3 Å². The molecule has 70 valence electrons. The summed E-state index contributed by atoms with van der Waals surface area (Å²) in [4.78, 5) is 12.9. The smallest absolute Gasteiger partial charge is 0.335 e. The van der Waals surface area contributed by atoms with Crippen molar-refractivity contribution in [2.24, 2.45) is 0 Å². The summed E-state index contributed by atoms with van der Waals surface area (Å²) in [6, 6.07) is 5.35. The molecule has 2 heterocycles. The number of carboxylic acids is 1. The van der Waals surface area contributed by atoms with E-state index in [0.29, 0.717) is 11.5 Å². The third kappa shape index (κ3) is 0.839. The number of anilines is 1. The number of nitrogens with zero attached hydrogens (tertiary/aromatic N) is 1. The molecular formula is C11H9NO2. The van der Waals surface area contributed by atoms with E-state index in [-0.39, 0.29) is 0 Å². The molecule has 1 aromatic carbocycles. The summed E-state index contributed by atoms with van der Waals surface area (Å²) in [6.07, 6.45) is 4.18. The lowest BCUT2D eigenvalue weighted by Gasteiger charge is -2.13. The number of aromatic carboxylic acids is 1. The molecule has 1 atom stereocenters. The van der Waals surface area contributed by atoms with E-state index in [1.165, 1.54) is 5.56 Å². The average Bonchev–Trinajstić information content (AvgIpc) is 2.77. The van der Waals surface area contributed by atoms with Gasteiger partial charge in [-0.1, -0.05) is 12.1 Å². The highest BCUT2D eigenvalue weighted by Gasteiger charge is 2.30. The summed E-state index contributed by atoms with van der Waals surface area (Å²) in [7, 11) is 0. The Morgan fingerprint density at radius 1 is 1.50 bits per heavy atom. The van der Waals surface area contributed by atoms with E-state index in [1.54, 1.807) is 12.1 Å². The van der Waals surface area contributed by atoms with Crippen LogP contribution in [0.3, 0.4) is 0 Å². The molecule has 0 saturated carbocycles. The van der Waals surface area contributed by atoms with Crippen LogP contribution in [-0.4, -0.2) is 17.6 Å². The van der Waals surface area contributed by atoms with E-state index in [2.05, 4.69) is 11.0 Å². The highest BCUT2D eigenvalue weighted by Crippen LogP contribution is 2.41. The molecule has 0 fully saturated rings. The Labute approximate surface area is 81.3 Å². The lowest BCUT2D eigenvalue weighted by atomic mass is 9.99. The molecule has 2 aliphatic heterocycles. The summed E-state index contributed by atoms with van der Waals surface area (Å²) in [6.45, 7) is 0.971. The molecule has 0 amide bonds. The Balaban J connectivity index is 2.15. The van der Waals surface area contributed by atoms with Crippen molar-refractivity contribution in [2.75, 3.05) is 11.4 Å². The maximum Gasteiger partial charge on any atom is 0.335 e. The first kappa shape index (κ1) is 7.62. The second-order valence-electron chi connectivity index (χ2n) is 3.68. The number of carboxylic acid groups (broad SMARTS) is 1. The Hall–Kier alpha value is -1.77. The third-order valence-corrected chi connectivity index (χ3v) is 2.88. The molecule has 1 unspecified atom stereocenters. The molecule has 2 aliphatic rings. The van der Waals surface area contributed by atoms with Crippen LogP contribution >= 0.6 is 0 Å². The highest BCUT2D eigenvalue weighted by molar-refractivity contribution is 5.90. The van der Waals surface area contributed by atoms with Gasteiger partial charge in [0.05, 0.1) is 5.56 Å². The van der Waals surface area contributed by atoms with Crippen molar-refractivity contribution in [3.63, 3.8) is 0 Å². The van der Waals surface area contributed by atoms with E-state index >= 15 is 0 Å². The van der Waals surface area contributed by atoms with Gasteiger partial charge in [-0.25, -0.2) is 4.79 Å². The summed E-state index contributed by atoms with van der Waals surface area (Å²) < 4.78 is 0. The predicted octanol–water partition coefficient (Wildman–Crippen LogP) is 1.82. The van der Waals surface area contributed by atoms with E-state index in [0.717, 1.165) is 12.2 Å². The lowest BCUT2D eigenvalue weighted by molar-refractivity contribution is 0.0697. The zero-order valence-corrected chi connectivity index (χ0v) is 7.47. The summed E-state index contributed by atoms with van der Waals surface area (Å²) >= 11 is 0. The van der Waals surface area contributed by atoms with Crippen molar-refractivity contribution in [1.29, 1.82) is 0 Å². The maximum absolute atomic E-state index is 10.8. The van der Waals surface area contributed by atoms with Crippen molar-refractivity contribution in [3.8, 4) is 0 Å². The fourth-order valence-electron chi connectivity index (χ4n) is 2.16. The molecule has 1 N–H and O–H groups in total. The Kier molecular flexibility index (Phi) is 1.29. The van der Waals surface area contributed by atoms with E-state index < -0.39 is 5.97 Å². The zero-order chi connectivity index (χ0) is 9.71. The first-order chi connectivity index (χ1) is 6.75. The standard InChI is InChI=1S/C11H9NO2/c13-11(14)7-1-2-9-8-3-4-12(6-8)10(9)5-7/h1-5,8H,6H2,(H,13,14). The lowest BCUT2D eigenvalue weighted by Crippen LogP contribution is -2.08. The first-order valence-electron chi connectivity index (χ1n) is 4.58. The normalized spacial score (nSPS) is 21.4. The molecule has 2 bridgehead atoms. The number of carbonyl (C=O) groups is 1. The van der Waals surface area contributed by atoms with Crippen LogP contribution < -0.4 is 4.90 Å². The topological polar surface area (TPSA) is 40.5 Å². The molecule has 0 radical (unpaired) electrons. The molecule has 1 aromatic rings. The van der Waals surface area contributed by atoms with Crippen molar-refractivity contribution in [1.82, 2.24) is 0 Å². The van der Waals surface area contributed by atoms with Crippen LogP contribution in [0.4, 0.5) is 5.69 Å². The van der Waals surface area contributed by atoms with Crippen LogP contribution in [0.25, 0.3) is 0 Å². The van der Waals surface area contributed by atoms with Crippen LogP contribution in [0.1, 0.15) is 21.8 Å². The average molecular weight is 187 g/mol. The minimum absolute atomic E-state index is 0.365. The number of fused-ring (bicyclic) bond motifs is 5. The molecule has 0 aromatic heterocycles. The monoisotopic (exact) mass is 187 g/mol.